The van der Waals surface area contributed by atoms with E-state index in [0.29, 0.717) is 19.1 Å². The van der Waals surface area contributed by atoms with Crippen LogP contribution < -0.4 is 10.1 Å². The largest absolute Gasteiger partial charge is 0.494 e. The molecule has 0 saturated carbocycles. The summed E-state index contributed by atoms with van der Waals surface area (Å²) < 4.78 is 5.41. The molecule has 1 aromatic carbocycles. The van der Waals surface area contributed by atoms with Gasteiger partial charge in [0, 0.05) is 32.1 Å². The van der Waals surface area contributed by atoms with Crippen LogP contribution in [-0.4, -0.2) is 43.1 Å². The highest BCUT2D eigenvalue weighted by molar-refractivity contribution is 5.77. The summed E-state index contributed by atoms with van der Waals surface area (Å²) >= 11 is 0. The van der Waals surface area contributed by atoms with Crippen molar-refractivity contribution in [1.82, 2.24) is 10.2 Å². The van der Waals surface area contributed by atoms with Crippen LogP contribution in [0.3, 0.4) is 0 Å². The monoisotopic (exact) mass is 276 g/mol. The minimum Gasteiger partial charge on any atom is -0.494 e. The number of carbonyl (C=O) groups excluding carboxylic acids is 1. The van der Waals surface area contributed by atoms with E-state index in [9.17, 15) is 4.79 Å². The second-order valence-electron chi connectivity index (χ2n) is 5.22. The van der Waals surface area contributed by atoms with Crippen LogP contribution in [0.5, 0.6) is 5.75 Å². The van der Waals surface area contributed by atoms with Crippen LogP contribution in [0.25, 0.3) is 0 Å². The van der Waals surface area contributed by atoms with Crippen molar-refractivity contribution in [1.29, 1.82) is 0 Å². The van der Waals surface area contributed by atoms with Crippen molar-refractivity contribution in [2.45, 2.75) is 32.7 Å². The lowest BCUT2D eigenvalue weighted by atomic mass is 10.1. The molecule has 0 spiro atoms. The lowest BCUT2D eigenvalue weighted by Gasteiger charge is -2.34. The van der Waals surface area contributed by atoms with Crippen LogP contribution in [0.1, 0.15) is 25.8 Å². The fraction of sp³-hybridized carbons (Fsp3) is 0.562. The number of carbonyl (C=O) groups is 1. The third kappa shape index (κ3) is 3.97. The first-order valence-corrected chi connectivity index (χ1v) is 7.42. The quantitative estimate of drug-likeness (QED) is 0.892. The molecule has 0 bridgehead atoms. The Balaban J connectivity index is 1.83. The van der Waals surface area contributed by atoms with Crippen LogP contribution in [-0.2, 0) is 11.2 Å². The first kappa shape index (κ1) is 14.9. The zero-order valence-corrected chi connectivity index (χ0v) is 12.4. The SMILES string of the molecule is CCOc1ccc(CCC(=O)N2CCNC[C@@H]2C)cc1. The summed E-state index contributed by atoms with van der Waals surface area (Å²) in [5.74, 6) is 1.14. The van der Waals surface area contributed by atoms with Gasteiger partial charge in [-0.2, -0.15) is 0 Å². The molecule has 4 nitrogen and oxygen atoms in total. The topological polar surface area (TPSA) is 41.6 Å². The van der Waals surface area contributed by atoms with Crippen LogP contribution in [0.4, 0.5) is 0 Å². The Hall–Kier alpha value is -1.55. The molecule has 1 aromatic rings. The third-order valence-electron chi connectivity index (χ3n) is 3.68. The first-order valence-electron chi connectivity index (χ1n) is 7.42. The Morgan fingerprint density at radius 2 is 2.15 bits per heavy atom. The van der Waals surface area contributed by atoms with Crippen LogP contribution in [0.2, 0.25) is 0 Å². The normalized spacial score (nSPS) is 18.9. The lowest BCUT2D eigenvalue weighted by Crippen LogP contribution is -2.52. The van der Waals surface area contributed by atoms with E-state index in [1.165, 1.54) is 5.56 Å². The van der Waals surface area contributed by atoms with Crippen LogP contribution >= 0.6 is 0 Å². The molecule has 2 rings (SSSR count). The van der Waals surface area contributed by atoms with Gasteiger partial charge in [0.15, 0.2) is 0 Å². The van der Waals surface area contributed by atoms with Crippen molar-refractivity contribution in [3.05, 3.63) is 29.8 Å². The average Bonchev–Trinajstić information content (AvgIpc) is 2.47. The zero-order chi connectivity index (χ0) is 14.4. The molecule has 0 radical (unpaired) electrons. The van der Waals surface area contributed by atoms with Gasteiger partial charge in [0.25, 0.3) is 0 Å². The Morgan fingerprint density at radius 1 is 1.40 bits per heavy atom. The minimum atomic E-state index is 0.257. The van der Waals surface area contributed by atoms with Crippen molar-refractivity contribution in [3.8, 4) is 5.75 Å². The van der Waals surface area contributed by atoms with E-state index in [1.807, 2.05) is 36.1 Å². The highest BCUT2D eigenvalue weighted by Crippen LogP contribution is 2.14. The summed E-state index contributed by atoms with van der Waals surface area (Å²) in [6.07, 6.45) is 1.38. The maximum Gasteiger partial charge on any atom is 0.223 e. The molecule has 1 amide bonds. The second kappa shape index (κ2) is 7.29. The van der Waals surface area contributed by atoms with E-state index in [4.69, 9.17) is 4.74 Å². The fourth-order valence-corrected chi connectivity index (χ4v) is 2.53. The molecule has 0 unspecified atom stereocenters. The molecular formula is C16H24N2O2. The lowest BCUT2D eigenvalue weighted by molar-refractivity contribution is -0.133. The van der Waals surface area contributed by atoms with Gasteiger partial charge in [0.2, 0.25) is 5.91 Å². The Bertz CT molecular complexity index is 431. The molecule has 1 saturated heterocycles. The molecule has 1 heterocycles. The Labute approximate surface area is 121 Å². The van der Waals surface area contributed by atoms with Gasteiger partial charge < -0.3 is 15.0 Å². The van der Waals surface area contributed by atoms with E-state index in [-0.39, 0.29) is 5.91 Å². The van der Waals surface area contributed by atoms with Crippen molar-refractivity contribution >= 4 is 5.91 Å². The molecule has 0 aromatic heterocycles. The summed E-state index contributed by atoms with van der Waals surface area (Å²) in [7, 11) is 0. The summed E-state index contributed by atoms with van der Waals surface area (Å²) in [5, 5.41) is 3.30. The van der Waals surface area contributed by atoms with Gasteiger partial charge in [-0.1, -0.05) is 12.1 Å². The average molecular weight is 276 g/mol. The molecule has 1 fully saturated rings. The number of piperazine rings is 1. The van der Waals surface area contributed by atoms with E-state index in [0.717, 1.165) is 31.8 Å². The first-order chi connectivity index (χ1) is 9.70. The number of nitrogens with one attached hydrogen (secondary N) is 1. The van der Waals surface area contributed by atoms with Gasteiger partial charge in [0.1, 0.15) is 5.75 Å². The number of ether oxygens (including phenoxy) is 1. The molecule has 110 valence electrons. The maximum atomic E-state index is 12.2. The molecule has 1 aliphatic rings. The Kier molecular flexibility index (Phi) is 5.41. The molecule has 0 aliphatic carbocycles. The van der Waals surface area contributed by atoms with Crippen molar-refractivity contribution in [3.63, 3.8) is 0 Å². The number of hydrogen-bond donors (Lipinski definition) is 1. The van der Waals surface area contributed by atoms with E-state index in [1.54, 1.807) is 0 Å². The Morgan fingerprint density at radius 3 is 2.80 bits per heavy atom. The van der Waals surface area contributed by atoms with Crippen molar-refractivity contribution < 1.29 is 9.53 Å². The van der Waals surface area contributed by atoms with Gasteiger partial charge in [-0.3, -0.25) is 4.79 Å². The highest BCUT2D eigenvalue weighted by atomic mass is 16.5. The summed E-state index contributed by atoms with van der Waals surface area (Å²) in [4.78, 5) is 14.2. The highest BCUT2D eigenvalue weighted by Gasteiger charge is 2.22. The van der Waals surface area contributed by atoms with Crippen molar-refractivity contribution in [2.24, 2.45) is 0 Å². The molecule has 4 heteroatoms. The molecule has 20 heavy (non-hydrogen) atoms. The number of benzene rings is 1. The third-order valence-corrected chi connectivity index (χ3v) is 3.68. The van der Waals surface area contributed by atoms with E-state index < -0.39 is 0 Å². The zero-order valence-electron chi connectivity index (χ0n) is 12.4. The van der Waals surface area contributed by atoms with Gasteiger partial charge in [-0.25, -0.2) is 0 Å². The summed E-state index contributed by atoms with van der Waals surface area (Å²) in [5.41, 5.74) is 1.18. The predicted molar refractivity (Wildman–Crippen MR) is 80.0 cm³/mol. The van der Waals surface area contributed by atoms with E-state index >= 15 is 0 Å². The number of amides is 1. The van der Waals surface area contributed by atoms with Gasteiger partial charge in [0.05, 0.1) is 6.61 Å². The minimum absolute atomic E-state index is 0.257. The van der Waals surface area contributed by atoms with Gasteiger partial charge in [-0.15, -0.1) is 0 Å². The van der Waals surface area contributed by atoms with Gasteiger partial charge in [-0.05, 0) is 38.0 Å². The number of nitrogens with zero attached hydrogens (tertiary/aromatic N) is 1. The predicted octanol–water partition coefficient (Wildman–Crippen LogP) is 1.84. The number of rotatable bonds is 5. The smallest absolute Gasteiger partial charge is 0.223 e. The summed E-state index contributed by atoms with van der Waals surface area (Å²) in [6.45, 7) is 7.37. The van der Waals surface area contributed by atoms with Gasteiger partial charge >= 0.3 is 0 Å². The fourth-order valence-electron chi connectivity index (χ4n) is 2.53. The van der Waals surface area contributed by atoms with Crippen molar-refractivity contribution in [2.75, 3.05) is 26.2 Å². The van der Waals surface area contributed by atoms with Crippen LogP contribution in [0.15, 0.2) is 24.3 Å². The molecular weight excluding hydrogens is 252 g/mol. The second-order valence-corrected chi connectivity index (χ2v) is 5.22. The maximum absolute atomic E-state index is 12.2. The molecule has 1 aliphatic heterocycles. The van der Waals surface area contributed by atoms with E-state index in [2.05, 4.69) is 12.2 Å². The standard InChI is InChI=1S/C16H24N2O2/c1-3-20-15-7-4-14(5-8-15)6-9-16(19)18-11-10-17-12-13(18)2/h4-5,7-8,13,17H,3,6,9-12H2,1-2H3/t13-/m0/s1. The number of aryl methyl sites for hydroxylation is 1. The molecule has 1 atom stereocenters. The van der Waals surface area contributed by atoms with Crippen LogP contribution in [0, 0.1) is 0 Å². The molecule has 1 N–H and O–H groups in total. The summed E-state index contributed by atoms with van der Waals surface area (Å²) in [6, 6.07) is 8.32. The number of hydrogen-bond acceptors (Lipinski definition) is 3.